The Morgan fingerprint density at radius 2 is 1.06 bits per heavy atom. The summed E-state index contributed by atoms with van der Waals surface area (Å²) < 4.78 is 0. The van der Waals surface area contributed by atoms with E-state index in [4.69, 9.17) is 0 Å². The molecule has 18 heavy (non-hydrogen) atoms. The number of hydrogen-bond acceptors (Lipinski definition) is 0. The van der Waals surface area contributed by atoms with Gasteiger partial charge in [0.05, 0.1) is 0 Å². The lowest BCUT2D eigenvalue weighted by Crippen LogP contribution is -2.18. The van der Waals surface area contributed by atoms with Crippen LogP contribution in [0.4, 0.5) is 0 Å². The molecule has 110 valence electrons. The average Bonchev–Trinajstić information content (AvgIpc) is 2.38. The fourth-order valence-electron chi connectivity index (χ4n) is 2.64. The maximum absolute atomic E-state index is 2.99. The highest BCUT2D eigenvalue weighted by Crippen LogP contribution is 2.33. The van der Waals surface area contributed by atoms with Crippen LogP contribution in [-0.2, 0) is 0 Å². The van der Waals surface area contributed by atoms with Crippen LogP contribution in [0.15, 0.2) is 0 Å². The summed E-state index contributed by atoms with van der Waals surface area (Å²) in [4.78, 5) is 0. The normalized spacial score (nSPS) is 12.0. The summed E-state index contributed by atoms with van der Waals surface area (Å²) in [5, 5.41) is 0. The molecule has 0 aliphatic rings. The molecule has 0 saturated carbocycles. The lowest BCUT2D eigenvalue weighted by Gasteiger charge is -2.28. The van der Waals surface area contributed by atoms with Gasteiger partial charge in [-0.15, -0.1) is 9.24 Å². The van der Waals surface area contributed by atoms with Crippen molar-refractivity contribution in [2.24, 2.45) is 5.41 Å². The minimum Gasteiger partial charge on any atom is -0.137 e. The van der Waals surface area contributed by atoms with E-state index in [1.165, 1.54) is 83.2 Å². The topological polar surface area (TPSA) is 0 Å². The van der Waals surface area contributed by atoms with Gasteiger partial charge in [0, 0.05) is 0 Å². The van der Waals surface area contributed by atoms with Crippen LogP contribution in [0.3, 0.4) is 0 Å². The predicted molar refractivity (Wildman–Crippen MR) is 89.4 cm³/mol. The zero-order valence-electron chi connectivity index (χ0n) is 13.3. The second kappa shape index (κ2) is 12.5. The van der Waals surface area contributed by atoms with Crippen LogP contribution in [0.5, 0.6) is 0 Å². The van der Waals surface area contributed by atoms with Crippen LogP contribution in [0, 0.1) is 5.41 Å². The Balaban J connectivity index is 3.60. The molecular formula is C17H37P. The Labute approximate surface area is 119 Å². The van der Waals surface area contributed by atoms with Gasteiger partial charge in [-0.05, 0) is 24.4 Å². The van der Waals surface area contributed by atoms with Crippen molar-refractivity contribution in [1.29, 1.82) is 0 Å². The first-order valence-electron chi connectivity index (χ1n) is 8.38. The Morgan fingerprint density at radius 3 is 1.39 bits per heavy atom. The molecule has 0 aromatic rings. The second-order valence-corrected chi connectivity index (χ2v) is 6.75. The molecule has 0 amide bonds. The van der Waals surface area contributed by atoms with Crippen molar-refractivity contribution in [3.63, 3.8) is 0 Å². The Kier molecular flexibility index (Phi) is 12.8. The SMILES string of the molecule is CCCCCCCC(C)(CP)CCCCCCC. The Bertz CT molecular complexity index is 151. The molecule has 0 saturated heterocycles. The lowest BCUT2D eigenvalue weighted by atomic mass is 9.81. The number of rotatable bonds is 13. The van der Waals surface area contributed by atoms with Crippen molar-refractivity contribution in [1.82, 2.24) is 0 Å². The fourth-order valence-corrected chi connectivity index (χ4v) is 3.05. The largest absolute Gasteiger partial charge is 0.137 e. The zero-order chi connectivity index (χ0) is 13.7. The van der Waals surface area contributed by atoms with E-state index in [9.17, 15) is 0 Å². The number of unbranched alkanes of at least 4 members (excludes halogenated alkanes) is 8. The van der Waals surface area contributed by atoms with E-state index in [1.54, 1.807) is 0 Å². The molecule has 0 nitrogen and oxygen atoms in total. The molecule has 0 N–H and O–H groups in total. The smallest absolute Gasteiger partial charge is 0.0291 e. The zero-order valence-corrected chi connectivity index (χ0v) is 14.4. The van der Waals surface area contributed by atoms with Gasteiger partial charge in [0.2, 0.25) is 0 Å². The molecule has 1 atom stereocenters. The van der Waals surface area contributed by atoms with Crippen LogP contribution >= 0.6 is 9.24 Å². The molecule has 0 spiro atoms. The summed E-state index contributed by atoms with van der Waals surface area (Å²) in [5.41, 5.74) is 0.600. The van der Waals surface area contributed by atoms with Crippen molar-refractivity contribution in [2.75, 3.05) is 6.16 Å². The molecule has 1 heteroatoms. The first-order valence-corrected chi connectivity index (χ1v) is 9.20. The first-order chi connectivity index (χ1) is 8.68. The van der Waals surface area contributed by atoms with E-state index in [0.29, 0.717) is 5.41 Å². The molecule has 0 aromatic carbocycles. The summed E-state index contributed by atoms with van der Waals surface area (Å²) in [6.07, 6.45) is 18.4. The van der Waals surface area contributed by atoms with Crippen LogP contribution in [0.25, 0.3) is 0 Å². The molecule has 0 fully saturated rings. The third-order valence-electron chi connectivity index (χ3n) is 4.26. The van der Waals surface area contributed by atoms with E-state index in [1.807, 2.05) is 0 Å². The minimum atomic E-state index is 0.600. The van der Waals surface area contributed by atoms with Gasteiger partial charge in [-0.3, -0.25) is 0 Å². The van der Waals surface area contributed by atoms with Crippen LogP contribution in [-0.4, -0.2) is 6.16 Å². The summed E-state index contributed by atoms with van der Waals surface area (Å²) in [6, 6.07) is 0. The lowest BCUT2D eigenvalue weighted by molar-refractivity contribution is 0.289. The molecule has 0 heterocycles. The highest BCUT2D eigenvalue weighted by Gasteiger charge is 2.20. The van der Waals surface area contributed by atoms with Gasteiger partial charge in [-0.1, -0.05) is 85.0 Å². The van der Waals surface area contributed by atoms with Crippen molar-refractivity contribution in [2.45, 2.75) is 97.8 Å². The minimum absolute atomic E-state index is 0.600. The van der Waals surface area contributed by atoms with Crippen molar-refractivity contribution in [3.05, 3.63) is 0 Å². The fraction of sp³-hybridized carbons (Fsp3) is 1.00. The van der Waals surface area contributed by atoms with E-state index < -0.39 is 0 Å². The summed E-state index contributed by atoms with van der Waals surface area (Å²) >= 11 is 0. The van der Waals surface area contributed by atoms with Gasteiger partial charge in [0.1, 0.15) is 0 Å². The maximum atomic E-state index is 2.99. The molecule has 0 aliphatic heterocycles. The first kappa shape index (κ1) is 18.4. The van der Waals surface area contributed by atoms with Crippen molar-refractivity contribution >= 4 is 9.24 Å². The summed E-state index contributed by atoms with van der Waals surface area (Å²) in [7, 11) is 2.99. The van der Waals surface area contributed by atoms with Crippen molar-refractivity contribution < 1.29 is 0 Å². The van der Waals surface area contributed by atoms with Crippen LogP contribution in [0.2, 0.25) is 0 Å². The molecule has 0 radical (unpaired) electrons. The van der Waals surface area contributed by atoms with Gasteiger partial charge >= 0.3 is 0 Å². The molecule has 0 aromatic heterocycles. The molecule has 0 rings (SSSR count). The molecular weight excluding hydrogens is 235 g/mol. The monoisotopic (exact) mass is 272 g/mol. The highest BCUT2D eigenvalue weighted by atomic mass is 31.0. The quantitative estimate of drug-likeness (QED) is 0.262. The molecule has 1 unspecified atom stereocenters. The van der Waals surface area contributed by atoms with Gasteiger partial charge in [-0.2, -0.15) is 0 Å². The van der Waals surface area contributed by atoms with E-state index >= 15 is 0 Å². The second-order valence-electron chi connectivity index (χ2n) is 6.34. The third kappa shape index (κ3) is 10.4. The molecule has 0 aliphatic carbocycles. The van der Waals surface area contributed by atoms with E-state index in [2.05, 4.69) is 30.0 Å². The van der Waals surface area contributed by atoms with Gasteiger partial charge in [0.25, 0.3) is 0 Å². The van der Waals surface area contributed by atoms with Crippen LogP contribution < -0.4 is 0 Å². The van der Waals surface area contributed by atoms with Gasteiger partial charge < -0.3 is 0 Å². The van der Waals surface area contributed by atoms with E-state index in [0.717, 1.165) is 0 Å². The highest BCUT2D eigenvalue weighted by molar-refractivity contribution is 7.16. The standard InChI is InChI=1S/C17H37P/c1-4-6-8-10-12-14-17(3,16-18)15-13-11-9-7-5-2/h4-16,18H2,1-3H3. The summed E-state index contributed by atoms with van der Waals surface area (Å²) in [6.45, 7) is 7.09. The van der Waals surface area contributed by atoms with Crippen LogP contribution in [0.1, 0.15) is 97.8 Å². The van der Waals surface area contributed by atoms with Gasteiger partial charge in [0.15, 0.2) is 0 Å². The Hall–Kier alpha value is 0.430. The average molecular weight is 272 g/mol. The van der Waals surface area contributed by atoms with E-state index in [-0.39, 0.29) is 0 Å². The number of hydrogen-bond donors (Lipinski definition) is 0. The third-order valence-corrected chi connectivity index (χ3v) is 5.25. The predicted octanol–water partition coefficient (Wildman–Crippen LogP) is 6.59. The van der Waals surface area contributed by atoms with Gasteiger partial charge in [-0.25, -0.2) is 0 Å². The maximum Gasteiger partial charge on any atom is -0.0291 e. The van der Waals surface area contributed by atoms with Crippen molar-refractivity contribution in [3.8, 4) is 0 Å². The molecule has 0 bridgehead atoms. The Morgan fingerprint density at radius 1 is 0.667 bits per heavy atom. The summed E-state index contributed by atoms with van der Waals surface area (Å²) in [5.74, 6) is 0.